The molecule has 1 unspecified atom stereocenters. The minimum atomic E-state index is -3.69. The molecule has 8 heteroatoms. The van der Waals surface area contributed by atoms with Crippen molar-refractivity contribution in [1.29, 1.82) is 0 Å². The third-order valence-electron chi connectivity index (χ3n) is 4.00. The number of sulfonamides is 1. The van der Waals surface area contributed by atoms with E-state index >= 15 is 0 Å². The zero-order chi connectivity index (χ0) is 18.1. The summed E-state index contributed by atoms with van der Waals surface area (Å²) in [4.78, 5) is 14.5. The van der Waals surface area contributed by atoms with Crippen LogP contribution in [0.3, 0.4) is 0 Å². The highest BCUT2D eigenvalue weighted by Crippen LogP contribution is 2.26. The predicted molar refractivity (Wildman–Crippen MR) is 93.7 cm³/mol. The molecule has 1 aromatic heterocycles. The molecule has 0 aliphatic carbocycles. The fraction of sp³-hybridized carbons (Fsp3) is 0.312. The standard InChI is InChI=1S/C16H20N2O4S2/c1-10(12-4-6-14(7-5-12)24(17,21)22)18(3)9-13-8-15(16(19)20)23-11(13)2/h4-8,10H,9H2,1-3H3,(H,19,20)(H2,17,21,22). The second kappa shape index (κ2) is 7.02. The van der Waals surface area contributed by atoms with Gasteiger partial charge < -0.3 is 5.11 Å². The van der Waals surface area contributed by atoms with Gasteiger partial charge in [-0.05, 0) is 50.2 Å². The predicted octanol–water partition coefficient (Wildman–Crippen LogP) is 2.60. The molecule has 2 rings (SSSR count). The number of carbonyl (C=O) groups is 1. The first-order valence-electron chi connectivity index (χ1n) is 7.25. The Kier molecular flexibility index (Phi) is 5.44. The topological polar surface area (TPSA) is 101 Å². The van der Waals surface area contributed by atoms with Gasteiger partial charge >= 0.3 is 5.97 Å². The highest BCUT2D eigenvalue weighted by molar-refractivity contribution is 7.89. The molecule has 0 spiro atoms. The van der Waals surface area contributed by atoms with Crippen molar-refractivity contribution in [1.82, 2.24) is 4.90 Å². The van der Waals surface area contributed by atoms with Gasteiger partial charge in [0.15, 0.2) is 0 Å². The first-order chi connectivity index (χ1) is 11.1. The number of carboxylic acids is 1. The van der Waals surface area contributed by atoms with E-state index < -0.39 is 16.0 Å². The summed E-state index contributed by atoms with van der Waals surface area (Å²) in [5.74, 6) is -0.913. The molecule has 130 valence electrons. The SMILES string of the molecule is Cc1sc(C(=O)O)cc1CN(C)C(C)c1ccc(S(N)(=O)=O)cc1. The summed E-state index contributed by atoms with van der Waals surface area (Å²) >= 11 is 1.27. The van der Waals surface area contributed by atoms with E-state index in [1.165, 1.54) is 23.5 Å². The van der Waals surface area contributed by atoms with Crippen molar-refractivity contribution in [3.8, 4) is 0 Å². The molecule has 0 aliphatic heterocycles. The number of rotatable bonds is 6. The number of primary sulfonamides is 1. The van der Waals surface area contributed by atoms with E-state index in [2.05, 4.69) is 4.90 Å². The maximum Gasteiger partial charge on any atom is 0.345 e. The zero-order valence-electron chi connectivity index (χ0n) is 13.7. The maximum absolute atomic E-state index is 11.3. The van der Waals surface area contributed by atoms with Gasteiger partial charge in [0.2, 0.25) is 10.0 Å². The molecule has 0 fully saturated rings. The van der Waals surface area contributed by atoms with Crippen molar-refractivity contribution in [3.05, 3.63) is 51.2 Å². The Morgan fingerprint density at radius 3 is 2.38 bits per heavy atom. The van der Waals surface area contributed by atoms with Gasteiger partial charge in [-0.3, -0.25) is 4.90 Å². The first kappa shape index (κ1) is 18.6. The molecule has 2 aromatic rings. The van der Waals surface area contributed by atoms with Crippen LogP contribution in [0.5, 0.6) is 0 Å². The Morgan fingerprint density at radius 1 is 1.33 bits per heavy atom. The second-order valence-corrected chi connectivity index (χ2v) is 8.52. The number of nitrogens with two attached hydrogens (primary N) is 1. The van der Waals surface area contributed by atoms with E-state index in [9.17, 15) is 13.2 Å². The van der Waals surface area contributed by atoms with Gasteiger partial charge in [0, 0.05) is 17.5 Å². The van der Waals surface area contributed by atoms with E-state index in [1.54, 1.807) is 18.2 Å². The molecule has 3 N–H and O–H groups in total. The molecule has 0 aliphatic rings. The van der Waals surface area contributed by atoms with Crippen LogP contribution in [0.15, 0.2) is 35.2 Å². The Morgan fingerprint density at radius 2 is 1.92 bits per heavy atom. The second-order valence-electron chi connectivity index (χ2n) is 5.70. The number of nitrogens with zero attached hydrogens (tertiary/aromatic N) is 1. The summed E-state index contributed by atoms with van der Waals surface area (Å²) in [6.07, 6.45) is 0. The lowest BCUT2D eigenvalue weighted by Gasteiger charge is -2.25. The molecule has 0 bridgehead atoms. The summed E-state index contributed by atoms with van der Waals surface area (Å²) in [5, 5.41) is 14.2. The summed E-state index contributed by atoms with van der Waals surface area (Å²) in [6.45, 7) is 4.52. The van der Waals surface area contributed by atoms with E-state index in [4.69, 9.17) is 10.2 Å². The number of aryl methyl sites for hydroxylation is 1. The van der Waals surface area contributed by atoms with Crippen molar-refractivity contribution in [2.24, 2.45) is 5.14 Å². The van der Waals surface area contributed by atoms with Crippen LogP contribution in [0.25, 0.3) is 0 Å². The minimum absolute atomic E-state index is 0.0344. The molecule has 0 saturated carbocycles. The molecule has 1 atom stereocenters. The van der Waals surface area contributed by atoms with Crippen LogP contribution >= 0.6 is 11.3 Å². The van der Waals surface area contributed by atoms with Gasteiger partial charge in [-0.2, -0.15) is 0 Å². The quantitative estimate of drug-likeness (QED) is 0.816. The minimum Gasteiger partial charge on any atom is -0.477 e. The number of carboxylic acid groups (broad SMARTS) is 1. The van der Waals surface area contributed by atoms with Gasteiger partial charge in [-0.25, -0.2) is 18.4 Å². The van der Waals surface area contributed by atoms with Crippen LogP contribution in [0, 0.1) is 6.92 Å². The first-order valence-corrected chi connectivity index (χ1v) is 9.61. The van der Waals surface area contributed by atoms with Crippen molar-refractivity contribution < 1.29 is 18.3 Å². The van der Waals surface area contributed by atoms with Crippen LogP contribution in [-0.2, 0) is 16.6 Å². The van der Waals surface area contributed by atoms with Crippen LogP contribution in [0.2, 0.25) is 0 Å². The number of aromatic carboxylic acids is 1. The van der Waals surface area contributed by atoms with Crippen LogP contribution in [0.4, 0.5) is 0 Å². The molecule has 0 radical (unpaired) electrons. The highest BCUT2D eigenvalue weighted by Gasteiger charge is 2.17. The maximum atomic E-state index is 11.3. The van der Waals surface area contributed by atoms with E-state index in [0.29, 0.717) is 11.4 Å². The smallest absolute Gasteiger partial charge is 0.345 e. The Balaban J connectivity index is 2.15. The van der Waals surface area contributed by atoms with Gasteiger partial charge in [-0.1, -0.05) is 12.1 Å². The molecular formula is C16H20N2O4S2. The molecule has 24 heavy (non-hydrogen) atoms. The lowest BCUT2D eigenvalue weighted by Crippen LogP contribution is -2.22. The third kappa shape index (κ3) is 4.21. The summed E-state index contributed by atoms with van der Waals surface area (Å²) in [5.41, 5.74) is 1.93. The van der Waals surface area contributed by atoms with E-state index in [1.807, 2.05) is 20.9 Å². The third-order valence-corrected chi connectivity index (χ3v) is 6.01. The average Bonchev–Trinajstić information content (AvgIpc) is 2.87. The summed E-state index contributed by atoms with van der Waals surface area (Å²) in [6, 6.07) is 8.21. The van der Waals surface area contributed by atoms with Gasteiger partial charge in [-0.15, -0.1) is 11.3 Å². The van der Waals surface area contributed by atoms with Crippen molar-refractivity contribution >= 4 is 27.3 Å². The summed E-state index contributed by atoms with van der Waals surface area (Å²) in [7, 11) is -1.75. The largest absolute Gasteiger partial charge is 0.477 e. The molecule has 1 heterocycles. The van der Waals surface area contributed by atoms with Gasteiger partial charge in [0.25, 0.3) is 0 Å². The fourth-order valence-electron chi connectivity index (χ4n) is 2.38. The van der Waals surface area contributed by atoms with Crippen molar-refractivity contribution in [3.63, 3.8) is 0 Å². The molecule has 6 nitrogen and oxygen atoms in total. The number of thiophene rings is 1. The highest BCUT2D eigenvalue weighted by atomic mass is 32.2. The Hall–Kier alpha value is -1.74. The average molecular weight is 368 g/mol. The van der Waals surface area contributed by atoms with Crippen LogP contribution in [0.1, 0.15) is 38.6 Å². The monoisotopic (exact) mass is 368 g/mol. The normalized spacial score (nSPS) is 13.2. The molecular weight excluding hydrogens is 348 g/mol. The number of benzene rings is 1. The molecule has 1 aromatic carbocycles. The summed E-state index contributed by atoms with van der Waals surface area (Å²) < 4.78 is 22.6. The Bertz CT molecular complexity index is 841. The van der Waals surface area contributed by atoms with Gasteiger partial charge in [0.1, 0.15) is 4.88 Å². The van der Waals surface area contributed by atoms with E-state index in [-0.39, 0.29) is 10.9 Å². The lowest BCUT2D eigenvalue weighted by molar-refractivity contribution is 0.0702. The van der Waals surface area contributed by atoms with Gasteiger partial charge in [0.05, 0.1) is 4.90 Å². The van der Waals surface area contributed by atoms with Crippen LogP contribution < -0.4 is 5.14 Å². The Labute approximate surface area is 145 Å². The van der Waals surface area contributed by atoms with Crippen molar-refractivity contribution in [2.45, 2.75) is 31.3 Å². The van der Waals surface area contributed by atoms with E-state index in [0.717, 1.165) is 16.0 Å². The van der Waals surface area contributed by atoms with Crippen LogP contribution in [-0.4, -0.2) is 31.4 Å². The zero-order valence-corrected chi connectivity index (χ0v) is 15.3. The van der Waals surface area contributed by atoms with Crippen molar-refractivity contribution in [2.75, 3.05) is 7.05 Å². The molecule has 0 amide bonds. The number of hydrogen-bond donors (Lipinski definition) is 2. The fourth-order valence-corrected chi connectivity index (χ4v) is 3.77. The number of hydrogen-bond acceptors (Lipinski definition) is 5. The lowest BCUT2D eigenvalue weighted by atomic mass is 10.1. The molecule has 0 saturated heterocycles.